The molecule has 0 aromatic heterocycles. The Balaban J connectivity index is 3.97. The molecule has 0 fully saturated rings. The molecule has 1 amide bonds. The number of esters is 1. The fourth-order valence-corrected chi connectivity index (χ4v) is 5.41. The monoisotopic (exact) mass is 646 g/mol. The lowest BCUT2D eigenvalue weighted by atomic mass is 10.1. The fourth-order valence-electron chi connectivity index (χ4n) is 5.41. The predicted molar refractivity (Wildman–Crippen MR) is 194 cm³/mol. The number of carbonyl (C=O) groups is 3. The Bertz CT molecular complexity index is 803. The predicted octanol–water partition coefficient (Wildman–Crippen LogP) is 11.3. The van der Waals surface area contributed by atoms with Crippen molar-refractivity contribution in [2.45, 2.75) is 193 Å². The second-order valence-electron chi connectivity index (χ2n) is 12.8. The van der Waals surface area contributed by atoms with Gasteiger partial charge in [-0.3, -0.25) is 14.4 Å². The molecule has 0 aromatic rings. The molecule has 0 saturated heterocycles. The number of unbranched alkanes of at least 4 members (excludes halogenated alkanes) is 19. The van der Waals surface area contributed by atoms with Crippen LogP contribution in [0.1, 0.15) is 187 Å². The minimum atomic E-state index is -1.03. The van der Waals surface area contributed by atoms with Crippen molar-refractivity contribution < 1.29 is 24.2 Å². The SMILES string of the molecule is CCC/C=C\C/C=C\C(CCCCCCC(=O)NCC(=O)O)OC(=O)CCCCCCCCCCC/C=C\CCCCCCCC. The molecule has 0 aromatic carbocycles. The number of allylic oxidation sites excluding steroid dienone is 5. The van der Waals surface area contributed by atoms with E-state index < -0.39 is 5.97 Å². The summed E-state index contributed by atoms with van der Waals surface area (Å²) in [6, 6.07) is 0. The zero-order chi connectivity index (χ0) is 33.8. The van der Waals surface area contributed by atoms with Crippen molar-refractivity contribution in [3.8, 4) is 0 Å². The van der Waals surface area contributed by atoms with Crippen molar-refractivity contribution >= 4 is 17.8 Å². The normalized spacial score (nSPS) is 12.4. The molecular weight excluding hydrogens is 574 g/mol. The van der Waals surface area contributed by atoms with Gasteiger partial charge in [-0.2, -0.15) is 0 Å². The lowest BCUT2D eigenvalue weighted by Crippen LogP contribution is -2.28. The zero-order valence-corrected chi connectivity index (χ0v) is 29.9. The van der Waals surface area contributed by atoms with Crippen LogP contribution in [0.2, 0.25) is 0 Å². The summed E-state index contributed by atoms with van der Waals surface area (Å²) in [5.74, 6) is -1.36. The number of carboxylic acid groups (broad SMARTS) is 1. The molecule has 0 aliphatic carbocycles. The number of carbonyl (C=O) groups excluding carboxylic acids is 2. The molecule has 0 heterocycles. The Kier molecular flexibility index (Phi) is 33.7. The van der Waals surface area contributed by atoms with Gasteiger partial charge in [-0.05, 0) is 70.3 Å². The maximum atomic E-state index is 12.6. The quantitative estimate of drug-likeness (QED) is 0.0412. The first kappa shape index (κ1) is 43.6. The van der Waals surface area contributed by atoms with E-state index in [1.54, 1.807) is 0 Å². The van der Waals surface area contributed by atoms with Crippen LogP contribution < -0.4 is 5.32 Å². The molecule has 2 N–H and O–H groups in total. The number of ether oxygens (including phenoxy) is 1. The molecule has 6 heteroatoms. The highest BCUT2D eigenvalue weighted by molar-refractivity contribution is 5.80. The molecule has 6 nitrogen and oxygen atoms in total. The first-order valence-corrected chi connectivity index (χ1v) is 19.1. The van der Waals surface area contributed by atoms with E-state index in [0.717, 1.165) is 64.2 Å². The van der Waals surface area contributed by atoms with Crippen molar-refractivity contribution in [3.63, 3.8) is 0 Å². The Hall–Kier alpha value is -2.37. The molecule has 0 radical (unpaired) electrons. The van der Waals surface area contributed by atoms with Gasteiger partial charge in [0.2, 0.25) is 5.91 Å². The van der Waals surface area contributed by atoms with Gasteiger partial charge in [0.1, 0.15) is 12.6 Å². The third-order valence-electron chi connectivity index (χ3n) is 8.25. The van der Waals surface area contributed by atoms with E-state index in [4.69, 9.17) is 9.84 Å². The van der Waals surface area contributed by atoms with Gasteiger partial charge < -0.3 is 15.2 Å². The van der Waals surface area contributed by atoms with Gasteiger partial charge in [0.15, 0.2) is 0 Å². The third kappa shape index (κ3) is 34.5. The number of hydrogen-bond acceptors (Lipinski definition) is 4. The number of amides is 1. The van der Waals surface area contributed by atoms with Crippen molar-refractivity contribution in [1.29, 1.82) is 0 Å². The van der Waals surface area contributed by atoms with Crippen LogP contribution in [0.4, 0.5) is 0 Å². The standard InChI is InChI=1S/C40H71NO5/c1-3-5-7-9-11-12-13-14-15-16-17-18-19-20-21-22-23-25-31-35-40(45)46-37(32-28-24-10-8-6-4-2)33-29-26-27-30-34-38(42)41-36-39(43)44/h8,10,14-15,28,32,37H,3-7,9,11-13,16-27,29-31,33-36H2,1-2H3,(H,41,42)(H,43,44)/b10-8-,15-14-,32-28-. The third-order valence-corrected chi connectivity index (χ3v) is 8.25. The second kappa shape index (κ2) is 35.5. The molecule has 0 aliphatic rings. The summed E-state index contributed by atoms with van der Waals surface area (Å²) in [7, 11) is 0. The maximum Gasteiger partial charge on any atom is 0.322 e. The van der Waals surface area contributed by atoms with Crippen molar-refractivity contribution in [2.24, 2.45) is 0 Å². The van der Waals surface area contributed by atoms with Gasteiger partial charge in [-0.25, -0.2) is 0 Å². The Morgan fingerprint density at radius 2 is 1.11 bits per heavy atom. The van der Waals surface area contributed by atoms with Gasteiger partial charge in [0.05, 0.1) is 0 Å². The van der Waals surface area contributed by atoms with Gasteiger partial charge in [0, 0.05) is 12.8 Å². The molecule has 0 spiro atoms. The van der Waals surface area contributed by atoms with Crippen LogP contribution in [-0.2, 0) is 19.1 Å². The Morgan fingerprint density at radius 3 is 1.70 bits per heavy atom. The average Bonchev–Trinajstić information content (AvgIpc) is 3.04. The summed E-state index contributed by atoms with van der Waals surface area (Å²) >= 11 is 0. The highest BCUT2D eigenvalue weighted by atomic mass is 16.5. The summed E-state index contributed by atoms with van der Waals surface area (Å²) in [6.07, 6.45) is 43.0. The van der Waals surface area contributed by atoms with Crippen molar-refractivity contribution in [1.82, 2.24) is 5.32 Å². The molecule has 1 unspecified atom stereocenters. The van der Waals surface area contributed by atoms with Crippen LogP contribution in [-0.4, -0.2) is 35.6 Å². The summed E-state index contributed by atoms with van der Waals surface area (Å²) in [4.78, 5) is 34.8. The van der Waals surface area contributed by atoms with Gasteiger partial charge in [-0.15, -0.1) is 0 Å². The summed E-state index contributed by atoms with van der Waals surface area (Å²) in [6.45, 7) is 4.11. The Labute approximate surface area is 283 Å². The largest absolute Gasteiger partial charge is 0.480 e. The van der Waals surface area contributed by atoms with E-state index in [2.05, 4.69) is 49.5 Å². The minimum absolute atomic E-state index is 0.104. The lowest BCUT2D eigenvalue weighted by molar-refractivity contribution is -0.147. The zero-order valence-electron chi connectivity index (χ0n) is 29.9. The Morgan fingerprint density at radius 1 is 0.587 bits per heavy atom. The smallest absolute Gasteiger partial charge is 0.322 e. The molecule has 266 valence electrons. The first-order chi connectivity index (χ1) is 22.5. The molecular formula is C40H71NO5. The van der Waals surface area contributed by atoms with Crippen LogP contribution in [0.3, 0.4) is 0 Å². The molecule has 1 atom stereocenters. The highest BCUT2D eigenvalue weighted by Gasteiger charge is 2.11. The van der Waals surface area contributed by atoms with Crippen LogP contribution in [0.5, 0.6) is 0 Å². The van der Waals surface area contributed by atoms with Crippen molar-refractivity contribution in [3.05, 3.63) is 36.5 Å². The van der Waals surface area contributed by atoms with E-state index in [0.29, 0.717) is 12.8 Å². The summed E-state index contributed by atoms with van der Waals surface area (Å²) in [5.41, 5.74) is 0. The molecule has 46 heavy (non-hydrogen) atoms. The van der Waals surface area contributed by atoms with Crippen LogP contribution >= 0.6 is 0 Å². The summed E-state index contributed by atoms with van der Waals surface area (Å²) in [5, 5.41) is 11.0. The average molecular weight is 646 g/mol. The van der Waals surface area contributed by atoms with Crippen LogP contribution in [0, 0.1) is 0 Å². The minimum Gasteiger partial charge on any atom is -0.480 e. The van der Waals surface area contributed by atoms with Crippen molar-refractivity contribution in [2.75, 3.05) is 6.54 Å². The van der Waals surface area contributed by atoms with Gasteiger partial charge in [-0.1, -0.05) is 141 Å². The molecule has 0 aliphatic heterocycles. The number of aliphatic carboxylic acids is 1. The van der Waals surface area contributed by atoms with E-state index >= 15 is 0 Å². The number of nitrogens with one attached hydrogen (secondary N) is 1. The van der Waals surface area contributed by atoms with E-state index in [9.17, 15) is 14.4 Å². The molecule has 0 saturated carbocycles. The maximum absolute atomic E-state index is 12.6. The second-order valence-corrected chi connectivity index (χ2v) is 12.8. The lowest BCUT2D eigenvalue weighted by Gasteiger charge is -2.14. The van der Waals surface area contributed by atoms with E-state index in [1.807, 2.05) is 6.08 Å². The van der Waals surface area contributed by atoms with Gasteiger partial charge in [0.25, 0.3) is 0 Å². The number of carboxylic acids is 1. The van der Waals surface area contributed by atoms with E-state index in [1.165, 1.54) is 96.3 Å². The fraction of sp³-hybridized carbons (Fsp3) is 0.775. The topological polar surface area (TPSA) is 92.7 Å². The number of hydrogen-bond donors (Lipinski definition) is 2. The van der Waals surface area contributed by atoms with Gasteiger partial charge >= 0.3 is 11.9 Å². The van der Waals surface area contributed by atoms with Crippen LogP contribution in [0.25, 0.3) is 0 Å². The highest BCUT2D eigenvalue weighted by Crippen LogP contribution is 2.15. The molecule has 0 rings (SSSR count). The number of rotatable bonds is 34. The van der Waals surface area contributed by atoms with E-state index in [-0.39, 0.29) is 24.5 Å². The summed E-state index contributed by atoms with van der Waals surface area (Å²) < 4.78 is 5.84. The molecule has 0 bridgehead atoms. The van der Waals surface area contributed by atoms with Crippen LogP contribution in [0.15, 0.2) is 36.5 Å². The first-order valence-electron chi connectivity index (χ1n) is 19.1.